The van der Waals surface area contributed by atoms with Crippen molar-refractivity contribution in [3.05, 3.63) is 88.2 Å². The molecule has 0 amide bonds. The fourth-order valence-corrected chi connectivity index (χ4v) is 4.45. The molecule has 0 saturated carbocycles. The summed E-state index contributed by atoms with van der Waals surface area (Å²) < 4.78 is 39.9. The average Bonchev–Trinajstić information content (AvgIpc) is 3.07. The summed E-state index contributed by atoms with van der Waals surface area (Å²) in [6.07, 6.45) is -2.64. The van der Waals surface area contributed by atoms with Crippen molar-refractivity contribution in [3.8, 4) is 17.2 Å². The molecule has 152 valence electrons. The molecule has 1 aliphatic rings. The first-order chi connectivity index (χ1) is 14.2. The third-order valence-electron chi connectivity index (χ3n) is 6.08. The Labute approximate surface area is 174 Å². The van der Waals surface area contributed by atoms with Crippen molar-refractivity contribution in [1.29, 1.82) is 5.26 Å². The molecule has 0 aliphatic heterocycles. The van der Waals surface area contributed by atoms with Crippen LogP contribution in [-0.4, -0.2) is 4.98 Å². The normalized spacial score (nSPS) is 18.1. The van der Waals surface area contributed by atoms with E-state index in [1.165, 1.54) is 12.1 Å². The van der Waals surface area contributed by atoms with Crippen molar-refractivity contribution < 1.29 is 13.2 Å². The van der Waals surface area contributed by atoms with Gasteiger partial charge in [0.25, 0.3) is 0 Å². The second-order valence-corrected chi connectivity index (χ2v) is 7.96. The van der Waals surface area contributed by atoms with Crippen molar-refractivity contribution in [2.24, 2.45) is 0 Å². The number of nitrogens with zero attached hydrogens (tertiary/aromatic N) is 2. The fourth-order valence-electron chi connectivity index (χ4n) is 4.45. The molecule has 3 aromatic rings. The molecule has 1 heterocycles. The van der Waals surface area contributed by atoms with Crippen LogP contribution in [0.2, 0.25) is 0 Å². The van der Waals surface area contributed by atoms with Crippen LogP contribution in [0.25, 0.3) is 11.1 Å². The molecule has 0 saturated heterocycles. The summed E-state index contributed by atoms with van der Waals surface area (Å²) in [6, 6.07) is 17.7. The largest absolute Gasteiger partial charge is 0.416 e. The summed E-state index contributed by atoms with van der Waals surface area (Å²) in [4.78, 5) is 4.79. The van der Waals surface area contributed by atoms with E-state index < -0.39 is 17.2 Å². The van der Waals surface area contributed by atoms with E-state index in [1.54, 1.807) is 6.07 Å². The molecule has 1 aliphatic carbocycles. The highest BCUT2D eigenvalue weighted by molar-refractivity contribution is 5.75. The number of nitriles is 1. The van der Waals surface area contributed by atoms with Gasteiger partial charge in [-0.3, -0.25) is 4.98 Å². The first-order valence-electron chi connectivity index (χ1n) is 9.88. The van der Waals surface area contributed by atoms with Crippen molar-refractivity contribution in [3.63, 3.8) is 0 Å². The van der Waals surface area contributed by atoms with Gasteiger partial charge >= 0.3 is 6.18 Å². The van der Waals surface area contributed by atoms with Gasteiger partial charge in [-0.05, 0) is 73.1 Å². The van der Waals surface area contributed by atoms with E-state index in [1.807, 2.05) is 44.2 Å². The Kier molecular flexibility index (Phi) is 4.89. The van der Waals surface area contributed by atoms with Gasteiger partial charge in [-0.15, -0.1) is 0 Å². The summed E-state index contributed by atoms with van der Waals surface area (Å²) in [5.74, 6) is 0. The number of aromatic nitrogens is 1. The van der Waals surface area contributed by atoms with Crippen LogP contribution < -0.4 is 0 Å². The lowest BCUT2D eigenvalue weighted by Gasteiger charge is -2.23. The van der Waals surface area contributed by atoms with E-state index in [2.05, 4.69) is 6.07 Å². The molecule has 30 heavy (non-hydrogen) atoms. The number of aryl methyl sites for hydroxylation is 1. The molecule has 2 nitrogen and oxygen atoms in total. The van der Waals surface area contributed by atoms with E-state index >= 15 is 0 Å². The number of benzene rings is 2. The molecule has 2 aromatic carbocycles. The lowest BCUT2D eigenvalue weighted by atomic mass is 9.80. The van der Waals surface area contributed by atoms with Gasteiger partial charge in [0.1, 0.15) is 5.41 Å². The van der Waals surface area contributed by atoms with E-state index in [0.29, 0.717) is 30.5 Å². The summed E-state index contributed by atoms with van der Waals surface area (Å²) in [7, 11) is 0. The second kappa shape index (κ2) is 7.28. The third-order valence-corrected chi connectivity index (χ3v) is 6.08. The van der Waals surface area contributed by atoms with Gasteiger partial charge in [-0.2, -0.15) is 18.4 Å². The summed E-state index contributed by atoms with van der Waals surface area (Å²) in [5, 5.41) is 10.2. The smallest absolute Gasteiger partial charge is 0.256 e. The van der Waals surface area contributed by atoms with Crippen LogP contribution >= 0.6 is 0 Å². The van der Waals surface area contributed by atoms with Crippen LogP contribution in [0.1, 0.15) is 40.1 Å². The number of hydrogen-bond donors (Lipinski definition) is 0. The number of halogens is 3. The maximum Gasteiger partial charge on any atom is 0.416 e. The van der Waals surface area contributed by atoms with E-state index in [4.69, 9.17) is 4.98 Å². The highest BCUT2D eigenvalue weighted by atomic mass is 19.4. The molecule has 0 spiro atoms. The van der Waals surface area contributed by atoms with Crippen molar-refractivity contribution in [2.75, 3.05) is 0 Å². The quantitative estimate of drug-likeness (QED) is 0.509. The van der Waals surface area contributed by atoms with Crippen molar-refractivity contribution in [1.82, 2.24) is 4.98 Å². The molecule has 0 radical (unpaired) electrons. The molecule has 0 N–H and O–H groups in total. The van der Waals surface area contributed by atoms with Gasteiger partial charge in [-0.1, -0.05) is 42.5 Å². The molecular weight excluding hydrogens is 385 g/mol. The number of pyridine rings is 1. The number of alkyl halides is 3. The Morgan fingerprint density at radius 3 is 2.47 bits per heavy atom. The monoisotopic (exact) mass is 406 g/mol. The Balaban J connectivity index is 1.89. The minimum atomic E-state index is -4.40. The minimum absolute atomic E-state index is 0.525. The molecule has 1 atom stereocenters. The predicted molar refractivity (Wildman–Crippen MR) is 110 cm³/mol. The molecular formula is C25H21F3N2. The SMILES string of the molecule is Cc1nc2c(c(-c3cccc(C(F)(F)F)c3)c1C)CCC2(C#N)Cc1ccccc1. The van der Waals surface area contributed by atoms with Crippen LogP contribution in [0.3, 0.4) is 0 Å². The Morgan fingerprint density at radius 1 is 1.07 bits per heavy atom. The van der Waals surface area contributed by atoms with Crippen molar-refractivity contribution in [2.45, 2.75) is 44.7 Å². The third kappa shape index (κ3) is 3.37. The molecule has 1 unspecified atom stereocenters. The topological polar surface area (TPSA) is 36.7 Å². The maximum absolute atomic E-state index is 13.3. The van der Waals surface area contributed by atoms with E-state index in [9.17, 15) is 18.4 Å². The van der Waals surface area contributed by atoms with Gasteiger partial charge in [0.05, 0.1) is 17.3 Å². The fraction of sp³-hybridized carbons (Fsp3) is 0.280. The van der Waals surface area contributed by atoms with Gasteiger partial charge in [-0.25, -0.2) is 0 Å². The van der Waals surface area contributed by atoms with Crippen LogP contribution in [0, 0.1) is 25.2 Å². The van der Waals surface area contributed by atoms with E-state index in [0.717, 1.165) is 34.0 Å². The summed E-state index contributed by atoms with van der Waals surface area (Å²) in [6.45, 7) is 3.75. The number of fused-ring (bicyclic) bond motifs is 1. The maximum atomic E-state index is 13.3. The highest BCUT2D eigenvalue weighted by Gasteiger charge is 2.43. The van der Waals surface area contributed by atoms with Crippen LogP contribution in [0.4, 0.5) is 13.2 Å². The zero-order chi connectivity index (χ0) is 21.5. The number of rotatable bonds is 3. The highest BCUT2D eigenvalue weighted by Crippen LogP contribution is 2.46. The zero-order valence-electron chi connectivity index (χ0n) is 16.8. The lowest BCUT2D eigenvalue weighted by Crippen LogP contribution is -2.25. The first-order valence-corrected chi connectivity index (χ1v) is 9.88. The number of hydrogen-bond acceptors (Lipinski definition) is 2. The van der Waals surface area contributed by atoms with E-state index in [-0.39, 0.29) is 0 Å². The molecule has 1 aromatic heterocycles. The molecule has 0 bridgehead atoms. The summed E-state index contributed by atoms with van der Waals surface area (Å²) in [5.41, 5.74) is 4.14. The Morgan fingerprint density at radius 2 is 1.80 bits per heavy atom. The standard InChI is InChI=1S/C25H21F3N2/c1-16-17(2)30-23-21(22(16)19-9-6-10-20(13-19)25(26,27)28)11-12-24(23,15-29)14-18-7-4-3-5-8-18/h3-10,13H,11-12,14H2,1-2H3. The molecule has 5 heteroatoms. The van der Waals surface area contributed by atoms with Crippen LogP contribution in [0.15, 0.2) is 54.6 Å². The van der Waals surface area contributed by atoms with Gasteiger partial charge in [0.2, 0.25) is 0 Å². The first kappa shape index (κ1) is 20.2. The average molecular weight is 406 g/mol. The van der Waals surface area contributed by atoms with Crippen molar-refractivity contribution >= 4 is 0 Å². The van der Waals surface area contributed by atoms with Crippen LogP contribution in [0.5, 0.6) is 0 Å². The molecule has 4 rings (SSSR count). The van der Waals surface area contributed by atoms with Gasteiger partial charge < -0.3 is 0 Å². The van der Waals surface area contributed by atoms with Gasteiger partial charge in [0.15, 0.2) is 0 Å². The summed E-state index contributed by atoms with van der Waals surface area (Å²) >= 11 is 0. The Bertz CT molecular complexity index is 1140. The predicted octanol–water partition coefficient (Wildman–Crippen LogP) is 6.33. The van der Waals surface area contributed by atoms with Gasteiger partial charge in [0, 0.05) is 5.69 Å². The zero-order valence-corrected chi connectivity index (χ0v) is 16.8. The second-order valence-electron chi connectivity index (χ2n) is 7.96. The minimum Gasteiger partial charge on any atom is -0.256 e. The molecule has 0 fully saturated rings. The van der Waals surface area contributed by atoms with Crippen LogP contribution in [-0.2, 0) is 24.4 Å². The lowest BCUT2D eigenvalue weighted by molar-refractivity contribution is -0.137. The Hall–Kier alpha value is -3.13.